The van der Waals surface area contributed by atoms with Crippen LogP contribution in [0.1, 0.15) is 24.0 Å². The first kappa shape index (κ1) is 24.6. The fraction of sp³-hybridized carbons (Fsp3) is 0.458. The maximum absolute atomic E-state index is 12.8. The zero-order chi connectivity index (χ0) is 24.3. The fourth-order valence-corrected chi connectivity index (χ4v) is 5.50. The van der Waals surface area contributed by atoms with Crippen molar-refractivity contribution in [2.75, 3.05) is 50.1 Å². The van der Waals surface area contributed by atoms with Crippen molar-refractivity contribution >= 4 is 33.2 Å². The molecule has 1 amide bonds. The van der Waals surface area contributed by atoms with Crippen LogP contribution in [0.3, 0.4) is 0 Å². The molecule has 2 aromatic rings. The third kappa shape index (κ3) is 5.76. The van der Waals surface area contributed by atoms with Gasteiger partial charge in [0.1, 0.15) is 0 Å². The monoisotopic (exact) mass is 507 g/mol. The molecule has 1 saturated heterocycles. The summed E-state index contributed by atoms with van der Waals surface area (Å²) in [5.74, 6) is 1.61. The number of fused-ring (bicyclic) bond motifs is 1. The van der Waals surface area contributed by atoms with E-state index in [1.165, 1.54) is 10.6 Å². The average molecular weight is 508 g/mol. The van der Waals surface area contributed by atoms with Gasteiger partial charge < -0.3 is 14.4 Å². The molecule has 0 aliphatic carbocycles. The molecule has 2 heterocycles. The Balaban J connectivity index is 1.26. The molecule has 2 aliphatic rings. The Morgan fingerprint density at radius 3 is 2.56 bits per heavy atom. The predicted molar refractivity (Wildman–Crippen MR) is 132 cm³/mol. The predicted octanol–water partition coefficient (Wildman–Crippen LogP) is 3.27. The molecule has 8 nitrogen and oxygen atoms in total. The highest BCUT2D eigenvalue weighted by Crippen LogP contribution is 2.33. The lowest BCUT2D eigenvalue weighted by Gasteiger charge is -2.35. The van der Waals surface area contributed by atoms with Crippen molar-refractivity contribution in [2.45, 2.75) is 26.3 Å². The smallest absolute Gasteiger partial charge is 0.232 e. The molecule has 2 aliphatic heterocycles. The van der Waals surface area contributed by atoms with E-state index in [1.807, 2.05) is 23.1 Å². The molecule has 2 aromatic carbocycles. The van der Waals surface area contributed by atoms with E-state index in [4.69, 9.17) is 21.1 Å². The van der Waals surface area contributed by atoms with Gasteiger partial charge in [0.05, 0.1) is 11.9 Å². The van der Waals surface area contributed by atoms with Gasteiger partial charge in [-0.15, -0.1) is 0 Å². The molecule has 4 rings (SSSR count). The number of amides is 1. The summed E-state index contributed by atoms with van der Waals surface area (Å²) < 4.78 is 36.9. The molecular formula is C24H30ClN3O5S. The van der Waals surface area contributed by atoms with Crippen molar-refractivity contribution in [1.29, 1.82) is 0 Å². The van der Waals surface area contributed by atoms with Crippen molar-refractivity contribution in [1.82, 2.24) is 9.80 Å². The lowest BCUT2D eigenvalue weighted by atomic mass is 10.1. The topological polar surface area (TPSA) is 79.4 Å². The summed E-state index contributed by atoms with van der Waals surface area (Å²) in [5.41, 5.74) is 2.42. The number of halogens is 1. The molecule has 0 bridgehead atoms. The van der Waals surface area contributed by atoms with Gasteiger partial charge >= 0.3 is 0 Å². The van der Waals surface area contributed by atoms with Gasteiger partial charge in [-0.3, -0.25) is 14.0 Å². The number of carbonyl (C=O) groups excluding carboxylic acids is 1. The Morgan fingerprint density at radius 2 is 1.82 bits per heavy atom. The number of anilines is 1. The second-order valence-electron chi connectivity index (χ2n) is 8.67. The standard InChI is InChI=1S/C24H30ClN3O5S/c1-18-20(25)5-3-6-21(18)28(34(2,30)31)10-4-7-24(29)27-13-11-26(12-14-27)16-19-8-9-22-23(15-19)33-17-32-22/h3,5-6,8-9,15H,4,7,10-14,16-17H2,1-2H3. The first-order valence-corrected chi connectivity index (χ1v) is 13.6. The third-order valence-electron chi connectivity index (χ3n) is 6.23. The SMILES string of the molecule is Cc1c(Cl)cccc1N(CCCC(=O)N1CCN(Cc2ccc3c(c2)OCO3)CC1)S(C)(=O)=O. The second-order valence-corrected chi connectivity index (χ2v) is 11.0. The third-order valence-corrected chi connectivity index (χ3v) is 7.82. The van der Waals surface area contributed by atoms with E-state index in [1.54, 1.807) is 25.1 Å². The maximum Gasteiger partial charge on any atom is 0.232 e. The zero-order valence-electron chi connectivity index (χ0n) is 19.5. The van der Waals surface area contributed by atoms with Crippen LogP contribution in [0.15, 0.2) is 36.4 Å². The van der Waals surface area contributed by atoms with Crippen molar-refractivity contribution in [3.05, 3.63) is 52.5 Å². The number of rotatable bonds is 8. The maximum atomic E-state index is 12.8. The van der Waals surface area contributed by atoms with Crippen LogP contribution in [-0.2, 0) is 21.4 Å². The minimum atomic E-state index is -3.49. The van der Waals surface area contributed by atoms with E-state index in [-0.39, 0.29) is 19.2 Å². The molecule has 1 fully saturated rings. The average Bonchev–Trinajstić information content (AvgIpc) is 3.26. The summed E-state index contributed by atoms with van der Waals surface area (Å²) in [6.07, 6.45) is 1.91. The molecule has 0 N–H and O–H groups in total. The summed E-state index contributed by atoms with van der Waals surface area (Å²) >= 11 is 6.18. The molecule has 10 heteroatoms. The number of carbonyl (C=O) groups is 1. The van der Waals surface area contributed by atoms with Crippen LogP contribution in [0.5, 0.6) is 11.5 Å². The van der Waals surface area contributed by atoms with Crippen LogP contribution in [0.25, 0.3) is 0 Å². The van der Waals surface area contributed by atoms with Gasteiger partial charge in [0.2, 0.25) is 22.7 Å². The highest BCUT2D eigenvalue weighted by atomic mass is 35.5. The van der Waals surface area contributed by atoms with E-state index in [0.717, 1.165) is 36.7 Å². The normalized spacial score (nSPS) is 16.0. The number of sulfonamides is 1. The van der Waals surface area contributed by atoms with Gasteiger partial charge in [0.25, 0.3) is 0 Å². The summed E-state index contributed by atoms with van der Waals surface area (Å²) in [5, 5.41) is 0.515. The van der Waals surface area contributed by atoms with E-state index >= 15 is 0 Å². The Bertz CT molecular complexity index is 1150. The van der Waals surface area contributed by atoms with E-state index in [0.29, 0.717) is 42.2 Å². The Labute approximate surface area is 206 Å². The minimum absolute atomic E-state index is 0.0546. The van der Waals surface area contributed by atoms with Gasteiger partial charge in [-0.25, -0.2) is 8.42 Å². The van der Waals surface area contributed by atoms with E-state index in [2.05, 4.69) is 4.90 Å². The number of piperazine rings is 1. The number of benzene rings is 2. The Morgan fingerprint density at radius 1 is 1.09 bits per heavy atom. The molecule has 0 spiro atoms. The van der Waals surface area contributed by atoms with Crippen molar-refractivity contribution in [3.8, 4) is 11.5 Å². The molecule has 0 aromatic heterocycles. The van der Waals surface area contributed by atoms with Crippen LogP contribution in [-0.4, -0.2) is 69.9 Å². The van der Waals surface area contributed by atoms with Gasteiger partial charge in [-0.1, -0.05) is 23.7 Å². The lowest BCUT2D eigenvalue weighted by Crippen LogP contribution is -2.48. The largest absolute Gasteiger partial charge is 0.454 e. The zero-order valence-corrected chi connectivity index (χ0v) is 21.1. The lowest BCUT2D eigenvalue weighted by molar-refractivity contribution is -0.133. The van der Waals surface area contributed by atoms with Crippen LogP contribution in [0.2, 0.25) is 5.02 Å². The van der Waals surface area contributed by atoms with Crippen LogP contribution < -0.4 is 13.8 Å². The Kier molecular flexibility index (Phi) is 7.54. The van der Waals surface area contributed by atoms with Gasteiger partial charge in [-0.05, 0) is 48.7 Å². The van der Waals surface area contributed by atoms with Crippen molar-refractivity contribution in [3.63, 3.8) is 0 Å². The second kappa shape index (κ2) is 10.4. The van der Waals surface area contributed by atoms with Gasteiger partial charge in [-0.2, -0.15) is 0 Å². The molecule has 0 saturated carbocycles. The summed E-state index contributed by atoms with van der Waals surface area (Å²) in [6.45, 7) is 5.98. The highest BCUT2D eigenvalue weighted by Gasteiger charge is 2.24. The number of ether oxygens (including phenoxy) is 2. The van der Waals surface area contributed by atoms with Crippen LogP contribution in [0.4, 0.5) is 5.69 Å². The molecular weight excluding hydrogens is 478 g/mol. The molecule has 0 atom stereocenters. The van der Waals surface area contributed by atoms with Gasteiger partial charge in [0, 0.05) is 50.7 Å². The van der Waals surface area contributed by atoms with Crippen molar-refractivity contribution < 1.29 is 22.7 Å². The summed E-state index contributed by atoms with van der Waals surface area (Å²) in [4.78, 5) is 16.9. The van der Waals surface area contributed by atoms with Crippen LogP contribution in [0, 0.1) is 6.92 Å². The highest BCUT2D eigenvalue weighted by molar-refractivity contribution is 7.92. The first-order valence-electron chi connectivity index (χ1n) is 11.3. The van der Waals surface area contributed by atoms with Crippen LogP contribution >= 0.6 is 11.6 Å². The van der Waals surface area contributed by atoms with E-state index < -0.39 is 10.0 Å². The Hall–Kier alpha value is -2.49. The van der Waals surface area contributed by atoms with E-state index in [9.17, 15) is 13.2 Å². The fourth-order valence-electron chi connectivity index (χ4n) is 4.32. The van der Waals surface area contributed by atoms with Crippen molar-refractivity contribution in [2.24, 2.45) is 0 Å². The molecule has 34 heavy (non-hydrogen) atoms. The minimum Gasteiger partial charge on any atom is -0.454 e. The number of nitrogens with zero attached hydrogens (tertiary/aromatic N) is 3. The quantitative estimate of drug-likeness (QED) is 0.545. The number of hydrogen-bond donors (Lipinski definition) is 0. The molecule has 184 valence electrons. The summed E-state index contributed by atoms with van der Waals surface area (Å²) in [6, 6.07) is 11.2. The number of hydrogen-bond acceptors (Lipinski definition) is 6. The molecule has 0 radical (unpaired) electrons. The molecule has 0 unspecified atom stereocenters. The van der Waals surface area contributed by atoms with Gasteiger partial charge in [0.15, 0.2) is 11.5 Å². The first-order chi connectivity index (χ1) is 16.2. The summed E-state index contributed by atoms with van der Waals surface area (Å²) in [7, 11) is -3.49.